The first kappa shape index (κ1) is 19.4. The van der Waals surface area contributed by atoms with Gasteiger partial charge in [-0.3, -0.25) is 14.4 Å². The number of aromatic nitrogens is 3. The Morgan fingerprint density at radius 3 is 2.62 bits per heavy atom. The number of carbonyl (C=O) groups is 2. The van der Waals surface area contributed by atoms with E-state index in [1.807, 2.05) is 17.8 Å². The van der Waals surface area contributed by atoms with Gasteiger partial charge < -0.3 is 19.4 Å². The minimum atomic E-state index is -0.283. The first-order valence-electron chi connectivity index (χ1n) is 10.3. The summed E-state index contributed by atoms with van der Waals surface area (Å²) in [6, 6.07) is 2.71. The molecular formula is C21H27N5O3. The molecule has 0 radical (unpaired) electrons. The van der Waals surface area contributed by atoms with Crippen molar-refractivity contribution in [2.45, 2.75) is 44.7 Å². The summed E-state index contributed by atoms with van der Waals surface area (Å²) < 4.78 is 3.25. The van der Waals surface area contributed by atoms with Crippen molar-refractivity contribution in [3.8, 4) is 0 Å². The number of nitrogens with one attached hydrogen (secondary N) is 1. The summed E-state index contributed by atoms with van der Waals surface area (Å²) in [6.07, 6.45) is 10.3. The lowest BCUT2D eigenvalue weighted by molar-refractivity contribution is -0.132. The molecule has 2 aromatic rings. The fourth-order valence-corrected chi connectivity index (χ4v) is 3.90. The zero-order valence-electron chi connectivity index (χ0n) is 16.7. The first-order valence-corrected chi connectivity index (χ1v) is 10.3. The molecule has 2 aromatic heterocycles. The summed E-state index contributed by atoms with van der Waals surface area (Å²) in [4.78, 5) is 43.8. The van der Waals surface area contributed by atoms with Gasteiger partial charge >= 0.3 is 0 Å². The van der Waals surface area contributed by atoms with Gasteiger partial charge in [0.1, 0.15) is 12.4 Å². The summed E-state index contributed by atoms with van der Waals surface area (Å²) >= 11 is 0. The van der Waals surface area contributed by atoms with Crippen LogP contribution in [0.4, 0.5) is 0 Å². The standard InChI is InChI=1S/C21H27N5O3/c1-24-12-9-22-20(24)19(15-5-6-15)23-21(29)16-7-8-17(27)26(13-16)14-18(28)25-10-3-2-4-11-25/h7-9,12-13,15,19H,2-6,10-11,14H2,1H3,(H,23,29)/t19-/m0/s1. The van der Waals surface area contributed by atoms with Gasteiger partial charge in [-0.15, -0.1) is 0 Å². The number of hydrogen-bond acceptors (Lipinski definition) is 4. The maximum atomic E-state index is 12.9. The third-order valence-electron chi connectivity index (χ3n) is 5.78. The van der Waals surface area contributed by atoms with Crippen molar-refractivity contribution in [2.24, 2.45) is 13.0 Å². The van der Waals surface area contributed by atoms with Crippen LogP contribution in [-0.4, -0.2) is 43.9 Å². The normalized spacial score (nSPS) is 17.8. The van der Waals surface area contributed by atoms with Crippen LogP contribution in [-0.2, 0) is 18.4 Å². The number of amides is 2. The number of carbonyl (C=O) groups excluding carboxylic acids is 2. The predicted molar refractivity (Wildman–Crippen MR) is 107 cm³/mol. The van der Waals surface area contributed by atoms with Crippen LogP contribution in [0, 0.1) is 5.92 Å². The molecule has 1 aliphatic carbocycles. The van der Waals surface area contributed by atoms with Crippen LogP contribution in [0.5, 0.6) is 0 Å². The number of aryl methyl sites for hydroxylation is 1. The number of hydrogen-bond donors (Lipinski definition) is 1. The highest BCUT2D eigenvalue weighted by Crippen LogP contribution is 2.40. The molecule has 2 aliphatic rings. The molecular weight excluding hydrogens is 370 g/mol. The van der Waals surface area contributed by atoms with Crippen LogP contribution in [0.25, 0.3) is 0 Å². The Morgan fingerprint density at radius 1 is 1.21 bits per heavy atom. The Labute approximate surface area is 169 Å². The van der Waals surface area contributed by atoms with E-state index in [1.165, 1.54) is 22.9 Å². The first-order chi connectivity index (χ1) is 14.0. The molecule has 1 atom stereocenters. The van der Waals surface area contributed by atoms with Gasteiger partial charge in [-0.05, 0) is 44.1 Å². The van der Waals surface area contributed by atoms with Crippen molar-refractivity contribution in [3.05, 3.63) is 52.5 Å². The molecule has 4 rings (SSSR count). The third-order valence-corrected chi connectivity index (χ3v) is 5.78. The van der Waals surface area contributed by atoms with E-state index in [0.29, 0.717) is 11.5 Å². The van der Waals surface area contributed by atoms with Crippen LogP contribution in [0.2, 0.25) is 0 Å². The van der Waals surface area contributed by atoms with E-state index in [9.17, 15) is 14.4 Å². The topological polar surface area (TPSA) is 89.2 Å². The van der Waals surface area contributed by atoms with Crippen LogP contribution in [0.3, 0.4) is 0 Å². The number of pyridine rings is 1. The van der Waals surface area contributed by atoms with Crippen molar-refractivity contribution in [3.63, 3.8) is 0 Å². The predicted octanol–water partition coefficient (Wildman–Crippen LogP) is 1.48. The molecule has 0 unspecified atom stereocenters. The number of likely N-dealkylation sites (tertiary alicyclic amines) is 1. The van der Waals surface area contributed by atoms with Crippen molar-refractivity contribution < 1.29 is 9.59 Å². The molecule has 0 spiro atoms. The SMILES string of the molecule is Cn1ccnc1[C@@H](NC(=O)c1ccc(=O)n(CC(=O)N2CCCCC2)c1)C1CC1. The van der Waals surface area contributed by atoms with E-state index < -0.39 is 0 Å². The van der Waals surface area contributed by atoms with Crippen molar-refractivity contribution in [1.82, 2.24) is 24.3 Å². The summed E-state index contributed by atoms with van der Waals surface area (Å²) in [5.74, 6) is 0.873. The number of nitrogens with zero attached hydrogens (tertiary/aromatic N) is 4. The smallest absolute Gasteiger partial charge is 0.253 e. The minimum Gasteiger partial charge on any atom is -0.342 e. The molecule has 0 aromatic carbocycles. The summed E-state index contributed by atoms with van der Waals surface area (Å²) in [5.41, 5.74) is 0.0886. The van der Waals surface area contributed by atoms with E-state index in [4.69, 9.17) is 0 Å². The maximum absolute atomic E-state index is 12.9. The van der Waals surface area contributed by atoms with Gasteiger partial charge in [0.05, 0.1) is 11.6 Å². The molecule has 1 saturated heterocycles. The Morgan fingerprint density at radius 2 is 1.97 bits per heavy atom. The van der Waals surface area contributed by atoms with E-state index in [-0.39, 0.29) is 30.0 Å². The van der Waals surface area contributed by atoms with Crippen molar-refractivity contribution in [1.29, 1.82) is 0 Å². The van der Waals surface area contributed by atoms with Crippen LogP contribution in [0.15, 0.2) is 35.5 Å². The molecule has 29 heavy (non-hydrogen) atoms. The summed E-state index contributed by atoms with van der Waals surface area (Å²) in [5, 5.41) is 3.07. The van der Waals surface area contributed by atoms with E-state index in [2.05, 4.69) is 10.3 Å². The molecule has 1 saturated carbocycles. The molecule has 2 amide bonds. The van der Waals surface area contributed by atoms with E-state index in [0.717, 1.165) is 51.0 Å². The van der Waals surface area contributed by atoms with Crippen LogP contribution < -0.4 is 10.9 Å². The molecule has 154 valence electrons. The maximum Gasteiger partial charge on any atom is 0.253 e. The molecule has 1 aliphatic heterocycles. The lowest BCUT2D eigenvalue weighted by Crippen LogP contribution is -2.39. The van der Waals surface area contributed by atoms with Gasteiger partial charge in [-0.1, -0.05) is 0 Å². The zero-order valence-corrected chi connectivity index (χ0v) is 16.7. The van der Waals surface area contributed by atoms with Gasteiger partial charge in [-0.2, -0.15) is 0 Å². The van der Waals surface area contributed by atoms with Crippen molar-refractivity contribution >= 4 is 11.8 Å². The second kappa shape index (κ2) is 8.23. The van der Waals surface area contributed by atoms with Gasteiger partial charge in [0.2, 0.25) is 5.91 Å². The third kappa shape index (κ3) is 4.41. The quantitative estimate of drug-likeness (QED) is 0.800. The lowest BCUT2D eigenvalue weighted by atomic mass is 10.1. The van der Waals surface area contributed by atoms with Crippen LogP contribution in [0.1, 0.15) is 54.3 Å². The monoisotopic (exact) mass is 397 g/mol. The highest BCUT2D eigenvalue weighted by Gasteiger charge is 2.36. The van der Waals surface area contributed by atoms with Gasteiger partial charge in [0.15, 0.2) is 0 Å². The molecule has 3 heterocycles. The molecule has 2 fully saturated rings. The fourth-order valence-electron chi connectivity index (χ4n) is 3.90. The summed E-state index contributed by atoms with van der Waals surface area (Å²) in [7, 11) is 1.91. The summed E-state index contributed by atoms with van der Waals surface area (Å²) in [6.45, 7) is 1.44. The van der Waals surface area contributed by atoms with E-state index in [1.54, 1.807) is 11.1 Å². The Kier molecular flexibility index (Phi) is 5.51. The molecule has 1 N–H and O–H groups in total. The average molecular weight is 397 g/mol. The van der Waals surface area contributed by atoms with Crippen molar-refractivity contribution in [2.75, 3.05) is 13.1 Å². The molecule has 8 heteroatoms. The zero-order chi connectivity index (χ0) is 20.4. The van der Waals surface area contributed by atoms with Gasteiger partial charge in [0, 0.05) is 44.8 Å². The number of piperidine rings is 1. The highest BCUT2D eigenvalue weighted by atomic mass is 16.2. The number of imidazole rings is 1. The van der Waals surface area contributed by atoms with Crippen LogP contribution >= 0.6 is 0 Å². The van der Waals surface area contributed by atoms with Gasteiger partial charge in [-0.25, -0.2) is 4.98 Å². The Hall–Kier alpha value is -2.90. The largest absolute Gasteiger partial charge is 0.342 e. The van der Waals surface area contributed by atoms with E-state index >= 15 is 0 Å². The Balaban J connectivity index is 1.48. The minimum absolute atomic E-state index is 0.0363. The second-order valence-corrected chi connectivity index (χ2v) is 8.01. The molecule has 8 nitrogen and oxygen atoms in total. The highest BCUT2D eigenvalue weighted by molar-refractivity contribution is 5.94. The lowest BCUT2D eigenvalue weighted by Gasteiger charge is -2.27. The Bertz CT molecular complexity index is 953. The second-order valence-electron chi connectivity index (χ2n) is 8.01. The number of rotatable bonds is 6. The molecule has 0 bridgehead atoms. The van der Waals surface area contributed by atoms with Gasteiger partial charge in [0.25, 0.3) is 11.5 Å². The average Bonchev–Trinajstić information content (AvgIpc) is 3.49. The fraction of sp³-hybridized carbons (Fsp3) is 0.524.